The van der Waals surface area contributed by atoms with Crippen molar-refractivity contribution in [3.63, 3.8) is 0 Å². The zero-order valence-electron chi connectivity index (χ0n) is 6.89. The molecule has 2 N–H and O–H groups in total. The van der Waals surface area contributed by atoms with E-state index >= 15 is 0 Å². The fraction of sp³-hybridized carbons (Fsp3) is 0.875. The van der Waals surface area contributed by atoms with Gasteiger partial charge in [0.15, 0.2) is 0 Å². The molecule has 60 valence electrons. The summed E-state index contributed by atoms with van der Waals surface area (Å²) in [6, 6.07) is 0. The van der Waals surface area contributed by atoms with Crippen molar-refractivity contribution < 1.29 is 4.79 Å². The summed E-state index contributed by atoms with van der Waals surface area (Å²) < 4.78 is 0. The third kappa shape index (κ3) is 3.49. The van der Waals surface area contributed by atoms with Gasteiger partial charge < -0.3 is 5.73 Å². The number of carbonyl (C=O) groups excluding carboxylic acids is 1. The molecule has 0 aromatic carbocycles. The van der Waals surface area contributed by atoms with E-state index in [1.54, 1.807) is 0 Å². The molecule has 0 fully saturated rings. The first-order chi connectivity index (χ1) is 4.72. The van der Waals surface area contributed by atoms with Gasteiger partial charge in [-0.25, -0.2) is 0 Å². The second kappa shape index (κ2) is 5.27. The lowest BCUT2D eigenvalue weighted by Gasteiger charge is -2.08. The predicted octanol–water partition coefficient (Wildman–Crippen LogP) is 1.69. The molecule has 0 aliphatic rings. The molecule has 0 heterocycles. The lowest BCUT2D eigenvalue weighted by molar-refractivity contribution is -0.122. The van der Waals surface area contributed by atoms with Crippen LogP contribution in [0, 0.1) is 5.92 Å². The minimum atomic E-state index is -0.143. The molecule has 0 aliphatic heterocycles. The average Bonchev–Trinajstić information content (AvgIpc) is 1.89. The molecular weight excluding hydrogens is 126 g/mol. The SMILES string of the molecule is CCCC[C@H](CC)C(N)=O. The number of carbonyl (C=O) groups is 1. The monoisotopic (exact) mass is 143 g/mol. The molecular formula is C8H17NO. The van der Waals surface area contributed by atoms with Crippen molar-refractivity contribution in [2.24, 2.45) is 11.7 Å². The molecule has 1 amide bonds. The Morgan fingerprint density at radius 2 is 2.10 bits per heavy atom. The third-order valence-corrected chi connectivity index (χ3v) is 1.80. The van der Waals surface area contributed by atoms with E-state index in [4.69, 9.17) is 5.73 Å². The number of nitrogens with two attached hydrogens (primary N) is 1. The van der Waals surface area contributed by atoms with E-state index in [0.29, 0.717) is 0 Å². The van der Waals surface area contributed by atoms with Crippen molar-refractivity contribution in [1.29, 1.82) is 0 Å². The molecule has 0 saturated heterocycles. The molecule has 0 saturated carbocycles. The summed E-state index contributed by atoms with van der Waals surface area (Å²) in [5, 5.41) is 0. The van der Waals surface area contributed by atoms with Crippen molar-refractivity contribution in [2.75, 3.05) is 0 Å². The highest BCUT2D eigenvalue weighted by atomic mass is 16.1. The highest BCUT2D eigenvalue weighted by Crippen LogP contribution is 2.10. The van der Waals surface area contributed by atoms with E-state index in [1.165, 1.54) is 0 Å². The van der Waals surface area contributed by atoms with Gasteiger partial charge in [0.05, 0.1) is 0 Å². The lowest BCUT2D eigenvalue weighted by Crippen LogP contribution is -2.22. The van der Waals surface area contributed by atoms with Crippen LogP contribution in [-0.4, -0.2) is 5.91 Å². The Hall–Kier alpha value is -0.530. The minimum Gasteiger partial charge on any atom is -0.369 e. The van der Waals surface area contributed by atoms with Gasteiger partial charge in [0.2, 0.25) is 5.91 Å². The van der Waals surface area contributed by atoms with Gasteiger partial charge in [-0.3, -0.25) is 4.79 Å². The maximum atomic E-state index is 10.7. The standard InChI is InChI=1S/C8H17NO/c1-3-5-6-7(4-2)8(9)10/h7H,3-6H2,1-2H3,(H2,9,10)/t7-/m0/s1. The molecule has 0 aromatic heterocycles. The molecule has 0 unspecified atom stereocenters. The number of primary amides is 1. The lowest BCUT2D eigenvalue weighted by atomic mass is 9.99. The molecule has 0 aromatic rings. The highest BCUT2D eigenvalue weighted by molar-refractivity contribution is 5.76. The number of unbranched alkanes of at least 4 members (excludes halogenated alkanes) is 1. The van der Waals surface area contributed by atoms with E-state index in [9.17, 15) is 4.79 Å². The second-order valence-electron chi connectivity index (χ2n) is 2.65. The van der Waals surface area contributed by atoms with E-state index in [1.807, 2.05) is 6.92 Å². The highest BCUT2D eigenvalue weighted by Gasteiger charge is 2.10. The maximum absolute atomic E-state index is 10.7. The summed E-state index contributed by atoms with van der Waals surface area (Å²) in [6.45, 7) is 4.12. The topological polar surface area (TPSA) is 43.1 Å². The van der Waals surface area contributed by atoms with Crippen molar-refractivity contribution in [3.8, 4) is 0 Å². The molecule has 2 nitrogen and oxygen atoms in total. The summed E-state index contributed by atoms with van der Waals surface area (Å²) >= 11 is 0. The van der Waals surface area contributed by atoms with Crippen LogP contribution in [0.1, 0.15) is 39.5 Å². The normalized spacial score (nSPS) is 13.0. The third-order valence-electron chi connectivity index (χ3n) is 1.80. The van der Waals surface area contributed by atoms with Gasteiger partial charge in [-0.15, -0.1) is 0 Å². The van der Waals surface area contributed by atoms with Crippen LogP contribution in [0.15, 0.2) is 0 Å². The Bertz CT molecular complexity index is 101. The minimum absolute atomic E-state index is 0.111. The second-order valence-corrected chi connectivity index (χ2v) is 2.65. The summed E-state index contributed by atoms with van der Waals surface area (Å²) in [6.07, 6.45) is 4.10. The molecule has 0 rings (SSSR count). The van der Waals surface area contributed by atoms with Crippen LogP contribution in [-0.2, 0) is 4.79 Å². The van der Waals surface area contributed by atoms with Crippen LogP contribution < -0.4 is 5.73 Å². The first kappa shape index (κ1) is 9.47. The molecule has 1 atom stereocenters. The van der Waals surface area contributed by atoms with Gasteiger partial charge in [0.25, 0.3) is 0 Å². The fourth-order valence-corrected chi connectivity index (χ4v) is 0.998. The zero-order chi connectivity index (χ0) is 7.98. The summed E-state index contributed by atoms with van der Waals surface area (Å²) in [7, 11) is 0. The van der Waals surface area contributed by atoms with Crippen LogP contribution >= 0.6 is 0 Å². The van der Waals surface area contributed by atoms with Crippen molar-refractivity contribution >= 4 is 5.91 Å². The van der Waals surface area contributed by atoms with Crippen molar-refractivity contribution in [3.05, 3.63) is 0 Å². The maximum Gasteiger partial charge on any atom is 0.220 e. The molecule has 0 spiro atoms. The van der Waals surface area contributed by atoms with Gasteiger partial charge in [-0.05, 0) is 12.8 Å². The largest absolute Gasteiger partial charge is 0.369 e. The van der Waals surface area contributed by atoms with Crippen LogP contribution in [0.3, 0.4) is 0 Å². The van der Waals surface area contributed by atoms with Gasteiger partial charge in [-0.2, -0.15) is 0 Å². The Morgan fingerprint density at radius 1 is 1.50 bits per heavy atom. The number of hydrogen-bond acceptors (Lipinski definition) is 1. The van der Waals surface area contributed by atoms with E-state index < -0.39 is 0 Å². The number of amides is 1. The van der Waals surface area contributed by atoms with Crippen LogP contribution in [0.2, 0.25) is 0 Å². The number of hydrogen-bond donors (Lipinski definition) is 1. The Morgan fingerprint density at radius 3 is 2.40 bits per heavy atom. The van der Waals surface area contributed by atoms with Gasteiger partial charge >= 0.3 is 0 Å². The molecule has 2 heteroatoms. The van der Waals surface area contributed by atoms with Gasteiger partial charge in [0, 0.05) is 5.92 Å². The number of rotatable bonds is 5. The van der Waals surface area contributed by atoms with Crippen LogP contribution in [0.25, 0.3) is 0 Å². The first-order valence-corrected chi connectivity index (χ1v) is 4.01. The van der Waals surface area contributed by atoms with E-state index in [0.717, 1.165) is 25.7 Å². The summed E-state index contributed by atoms with van der Waals surface area (Å²) in [4.78, 5) is 10.7. The van der Waals surface area contributed by atoms with E-state index in [-0.39, 0.29) is 11.8 Å². The van der Waals surface area contributed by atoms with Crippen molar-refractivity contribution in [1.82, 2.24) is 0 Å². The van der Waals surface area contributed by atoms with E-state index in [2.05, 4.69) is 6.92 Å². The Balaban J connectivity index is 3.50. The Labute approximate surface area is 62.8 Å². The van der Waals surface area contributed by atoms with Crippen LogP contribution in [0.4, 0.5) is 0 Å². The molecule has 0 bridgehead atoms. The fourth-order valence-electron chi connectivity index (χ4n) is 0.998. The van der Waals surface area contributed by atoms with Crippen molar-refractivity contribution in [2.45, 2.75) is 39.5 Å². The quantitative estimate of drug-likeness (QED) is 0.625. The van der Waals surface area contributed by atoms with Crippen LogP contribution in [0.5, 0.6) is 0 Å². The summed E-state index contributed by atoms with van der Waals surface area (Å²) in [5.41, 5.74) is 5.15. The Kier molecular flexibility index (Phi) is 4.99. The molecule has 0 radical (unpaired) electrons. The zero-order valence-corrected chi connectivity index (χ0v) is 6.89. The van der Waals surface area contributed by atoms with Gasteiger partial charge in [-0.1, -0.05) is 26.7 Å². The molecule has 10 heavy (non-hydrogen) atoms. The van der Waals surface area contributed by atoms with Gasteiger partial charge in [0.1, 0.15) is 0 Å². The molecule has 0 aliphatic carbocycles. The summed E-state index contributed by atoms with van der Waals surface area (Å²) in [5.74, 6) is -0.0316. The smallest absolute Gasteiger partial charge is 0.220 e. The average molecular weight is 143 g/mol. The first-order valence-electron chi connectivity index (χ1n) is 4.01. The predicted molar refractivity (Wildman–Crippen MR) is 42.5 cm³/mol.